The highest BCUT2D eigenvalue weighted by atomic mass is 32.1. The number of hydrazone groups is 2. The number of hydrogen-bond donors (Lipinski definition) is 0. The van der Waals surface area contributed by atoms with Gasteiger partial charge in [-0.05, 0) is 236 Å². The molecule has 20 nitrogen and oxygen atoms in total. The van der Waals surface area contributed by atoms with Crippen LogP contribution in [-0.2, 0) is 38.2 Å². The van der Waals surface area contributed by atoms with Crippen LogP contribution in [0.2, 0.25) is 0 Å². The number of carbonyl (C=O) groups is 6. The summed E-state index contributed by atoms with van der Waals surface area (Å²) in [6, 6.07) is 39.6. The van der Waals surface area contributed by atoms with Crippen LogP contribution in [0, 0.1) is 30.6 Å². The van der Waals surface area contributed by atoms with Crippen molar-refractivity contribution in [2.24, 2.45) is 33.9 Å². The van der Waals surface area contributed by atoms with Crippen LogP contribution in [0.4, 0.5) is 10.3 Å². The highest BCUT2D eigenvalue weighted by Gasteiger charge is 2.35. The molecule has 2 aliphatic rings. The lowest BCUT2D eigenvalue weighted by molar-refractivity contribution is -0.145. The molecule has 0 radical (unpaired) electrons. The number of anilines is 2. The van der Waals surface area contributed by atoms with E-state index in [-0.39, 0.29) is 11.9 Å². The van der Waals surface area contributed by atoms with Crippen LogP contribution >= 0.6 is 22.7 Å². The zero-order valence-electron chi connectivity index (χ0n) is 63.1. The maximum absolute atomic E-state index is 14.6. The topological polar surface area (TPSA) is 233 Å². The number of thiazole rings is 2. The molecule has 8 aromatic rings. The molecule has 0 unspecified atom stereocenters. The number of nitrogens with zero attached hydrogens (tertiary/aromatic N) is 6. The third-order valence-electron chi connectivity index (χ3n) is 19.5. The Balaban J connectivity index is 0.855. The Morgan fingerprint density at radius 2 is 0.826 bits per heavy atom. The molecule has 0 atom stereocenters. The molecule has 2 aliphatic carbocycles. The van der Waals surface area contributed by atoms with Gasteiger partial charge in [0.05, 0.1) is 83.0 Å². The highest BCUT2D eigenvalue weighted by molar-refractivity contribution is 7.22. The van der Waals surface area contributed by atoms with Crippen molar-refractivity contribution >= 4 is 102 Å². The second-order valence-corrected chi connectivity index (χ2v) is 29.8. The molecule has 0 spiro atoms. The van der Waals surface area contributed by atoms with E-state index in [1.165, 1.54) is 0 Å². The summed E-state index contributed by atoms with van der Waals surface area (Å²) in [6.45, 7) is 16.2. The van der Waals surface area contributed by atoms with E-state index >= 15 is 0 Å². The monoisotopic (exact) mass is 1520 g/mol. The van der Waals surface area contributed by atoms with Crippen LogP contribution in [0.1, 0.15) is 185 Å². The van der Waals surface area contributed by atoms with Crippen LogP contribution < -0.4 is 38.4 Å². The van der Waals surface area contributed by atoms with Crippen LogP contribution in [-0.4, -0.2) is 97.7 Å². The molecule has 2 saturated carbocycles. The molecule has 6 aromatic carbocycles. The minimum absolute atomic E-state index is 0.315. The number of fused-ring (bicyclic) bond motifs is 2. The number of carbonyl (C=O) groups excluding carboxylic acids is 6. The van der Waals surface area contributed by atoms with Crippen molar-refractivity contribution in [1.29, 1.82) is 0 Å². The normalized spacial score (nSPS) is 15.7. The van der Waals surface area contributed by atoms with E-state index in [1.54, 1.807) is 89.7 Å². The molecule has 2 heterocycles. The first-order chi connectivity index (χ1) is 53.2. The summed E-state index contributed by atoms with van der Waals surface area (Å²) in [6.07, 6.45) is 24.3. The third-order valence-corrected chi connectivity index (χ3v) is 21.6. The van der Waals surface area contributed by atoms with Crippen molar-refractivity contribution in [2.75, 3.05) is 49.5 Å². The molecule has 0 aliphatic heterocycles. The van der Waals surface area contributed by atoms with E-state index < -0.39 is 47.5 Å². The third kappa shape index (κ3) is 25.3. The Morgan fingerprint density at radius 3 is 1.25 bits per heavy atom. The maximum Gasteiger partial charge on any atom is 0.330 e. The molecule has 22 heteroatoms. The Morgan fingerprint density at radius 1 is 0.440 bits per heavy atom. The molecule has 0 saturated heterocycles. The Hall–Kier alpha value is -10.1. The summed E-state index contributed by atoms with van der Waals surface area (Å²) in [4.78, 5) is 88.9. The van der Waals surface area contributed by atoms with Crippen molar-refractivity contribution in [1.82, 2.24) is 9.97 Å². The fourth-order valence-corrected chi connectivity index (χ4v) is 15.1. The number of benzene rings is 6. The summed E-state index contributed by atoms with van der Waals surface area (Å²) in [5, 5.41) is 15.7. The number of hydrogen-bond acceptors (Lipinski definition) is 22. The predicted molar refractivity (Wildman–Crippen MR) is 431 cm³/mol. The number of rotatable bonds is 43. The van der Waals surface area contributed by atoms with Crippen LogP contribution in [0.25, 0.3) is 31.6 Å². The first-order valence-corrected chi connectivity index (χ1v) is 40.4. The molecule has 576 valence electrons. The molecular weight excluding hydrogens is 1420 g/mol. The maximum atomic E-state index is 14.6. The summed E-state index contributed by atoms with van der Waals surface area (Å²) in [7, 11) is 0. The average molecular weight is 1520 g/mol. The van der Waals surface area contributed by atoms with Crippen molar-refractivity contribution in [3.05, 3.63) is 169 Å². The van der Waals surface area contributed by atoms with Gasteiger partial charge in [-0.3, -0.25) is 19.2 Å². The number of esters is 6. The van der Waals surface area contributed by atoms with Gasteiger partial charge in [0.2, 0.25) is 10.3 Å². The van der Waals surface area contributed by atoms with Crippen molar-refractivity contribution in [3.63, 3.8) is 0 Å². The lowest BCUT2D eigenvalue weighted by Gasteiger charge is -2.26. The number of aromatic nitrogens is 2. The number of ether oxygens (including phenoxy) is 8. The van der Waals surface area contributed by atoms with E-state index in [2.05, 4.69) is 39.1 Å². The molecule has 109 heavy (non-hydrogen) atoms. The Bertz CT molecular complexity index is 4300. The van der Waals surface area contributed by atoms with Gasteiger partial charge in [-0.1, -0.05) is 119 Å². The van der Waals surface area contributed by atoms with Gasteiger partial charge < -0.3 is 37.9 Å². The van der Waals surface area contributed by atoms with E-state index in [1.807, 2.05) is 77.6 Å². The first-order valence-electron chi connectivity index (χ1n) is 38.8. The zero-order chi connectivity index (χ0) is 76.5. The minimum atomic E-state index is -0.477. The second kappa shape index (κ2) is 43.2. The van der Waals surface area contributed by atoms with Crippen LogP contribution in [0.15, 0.2) is 163 Å². The molecule has 0 bridgehead atoms. The molecule has 2 fully saturated rings. The van der Waals surface area contributed by atoms with Gasteiger partial charge in [0.25, 0.3) is 0 Å². The SMILES string of the molecule is C=CC(=O)OCCCCCCOc1ccc(OC(=O)C2CCC(C(=O)Oc3ccc(-c4cc(/C=N/N(CCCCCC)c5nc6ccccc6s5)c(OC(=O)C5CCC(C(=O)Oc6ccc(OCCCCCCOC(=O)C=C)cc6)CC5)cc4C)cc3/C=N/N(CCCCCC)c3nc4ccccc4s3)CC2)cc1. The molecule has 10 rings (SSSR count). The van der Waals surface area contributed by atoms with E-state index in [0.29, 0.717) is 137 Å². The highest BCUT2D eigenvalue weighted by Crippen LogP contribution is 2.39. The van der Waals surface area contributed by atoms with Crippen LogP contribution in [0.5, 0.6) is 34.5 Å². The number of unbranched alkanes of at least 4 members (excludes halogenated alkanes) is 12. The standard InChI is InChI=1S/C87H102N6O14S2/c1-6-10-12-22-50-92(86-90-74-28-18-20-30-78(74)108-86)88-59-67-57-66(40-49-76(67)106-84(98)64-36-32-62(33-37-64)82(96)104-71-45-41-69(42-46-71)100-52-24-14-16-26-54-102-80(94)8-3)73-58-68(60-89-93(51-23-13-11-7-2)87-91-75-29-19-21-31-79(75)109-87)77(56-61(73)5)107-85(99)65-38-34-63(35-39-65)83(97)105-72-47-43-70(44-48-72)101-53-25-15-17-27-55-103-81(95)9-4/h8-9,18-21,28-31,40-49,56-60,62-65H,3-4,6-7,10-17,22-27,32-39,50-55H2,1-2,5H3/b88-59+,89-60+. The average Bonchev–Trinajstić information content (AvgIpc) is 1.80. The van der Waals surface area contributed by atoms with Gasteiger partial charge in [-0.15, -0.1) is 0 Å². The summed E-state index contributed by atoms with van der Waals surface area (Å²) < 4.78 is 48.6. The lowest BCUT2D eigenvalue weighted by Crippen LogP contribution is -2.30. The molecule has 0 amide bonds. The lowest BCUT2D eigenvalue weighted by atomic mass is 9.82. The van der Waals surface area contributed by atoms with Gasteiger partial charge >= 0.3 is 35.8 Å². The fourth-order valence-electron chi connectivity index (χ4n) is 13.2. The first kappa shape index (κ1) is 81.5. The largest absolute Gasteiger partial charge is 0.494 e. The molecule has 0 N–H and O–H groups in total. The summed E-state index contributed by atoms with van der Waals surface area (Å²) in [5.74, 6) is -1.28. The fraction of sp³-hybridized carbons (Fsp3) is 0.425. The second-order valence-electron chi connectivity index (χ2n) is 27.7. The van der Waals surface area contributed by atoms with Gasteiger partial charge in [-0.25, -0.2) is 29.6 Å². The van der Waals surface area contributed by atoms with Crippen molar-refractivity contribution in [2.45, 2.75) is 175 Å². The smallest absolute Gasteiger partial charge is 0.330 e. The van der Waals surface area contributed by atoms with Gasteiger partial charge in [0, 0.05) is 36.4 Å². The van der Waals surface area contributed by atoms with E-state index in [9.17, 15) is 28.8 Å². The van der Waals surface area contributed by atoms with E-state index in [4.69, 9.17) is 58.1 Å². The van der Waals surface area contributed by atoms with Gasteiger partial charge in [0.1, 0.15) is 34.5 Å². The Labute approximate surface area is 647 Å². The summed E-state index contributed by atoms with van der Waals surface area (Å²) in [5.41, 5.74) is 5.23. The number of para-hydroxylation sites is 2. The number of aryl methyl sites for hydroxylation is 1. The molecule has 2 aromatic heterocycles. The van der Waals surface area contributed by atoms with E-state index in [0.717, 1.165) is 162 Å². The molecular formula is C87H102N6O14S2. The van der Waals surface area contributed by atoms with Gasteiger partial charge in [-0.2, -0.15) is 10.2 Å². The Kier molecular flexibility index (Phi) is 32.3. The van der Waals surface area contributed by atoms with Gasteiger partial charge in [0.15, 0.2) is 0 Å². The summed E-state index contributed by atoms with van der Waals surface area (Å²) >= 11 is 3.13. The van der Waals surface area contributed by atoms with Crippen LogP contribution in [0.3, 0.4) is 0 Å². The van der Waals surface area contributed by atoms with Crippen molar-refractivity contribution < 1.29 is 66.7 Å². The van der Waals surface area contributed by atoms with Crippen molar-refractivity contribution in [3.8, 4) is 45.6 Å². The quantitative estimate of drug-likeness (QED) is 0.00863. The minimum Gasteiger partial charge on any atom is -0.494 e. The predicted octanol–water partition coefficient (Wildman–Crippen LogP) is 19.7. The zero-order valence-corrected chi connectivity index (χ0v) is 64.7.